The van der Waals surface area contributed by atoms with Crippen molar-refractivity contribution in [1.82, 2.24) is 35.5 Å². The maximum atomic E-state index is 12.1. The molecule has 10 nitrogen and oxygen atoms in total. The van der Waals surface area contributed by atoms with Crippen LogP contribution in [0, 0.1) is 17.2 Å². The molecular formula is C24H23N9O. The van der Waals surface area contributed by atoms with Crippen LogP contribution in [0.2, 0.25) is 0 Å². The molecule has 0 aliphatic heterocycles. The number of hydrogen-bond acceptors (Lipinski definition) is 7. The van der Waals surface area contributed by atoms with Gasteiger partial charge in [0.1, 0.15) is 17.3 Å². The van der Waals surface area contributed by atoms with E-state index in [9.17, 15) is 10.1 Å². The Morgan fingerprint density at radius 1 is 1.35 bits per heavy atom. The number of imidazole rings is 1. The van der Waals surface area contributed by atoms with E-state index in [1.54, 1.807) is 31.7 Å². The minimum absolute atomic E-state index is 0.0918. The van der Waals surface area contributed by atoms with E-state index in [-0.39, 0.29) is 11.8 Å². The Balaban J connectivity index is 1.73. The Bertz CT molecular complexity index is 1500. The predicted octanol–water partition coefficient (Wildman–Crippen LogP) is 3.53. The summed E-state index contributed by atoms with van der Waals surface area (Å²) < 4.78 is 0. The molecule has 34 heavy (non-hydrogen) atoms. The first-order valence-corrected chi connectivity index (χ1v) is 10.6. The van der Waals surface area contributed by atoms with E-state index in [1.807, 2.05) is 19.9 Å². The van der Waals surface area contributed by atoms with Gasteiger partial charge < -0.3 is 10.3 Å². The quantitative estimate of drug-likeness (QED) is 0.288. The van der Waals surface area contributed by atoms with Crippen molar-refractivity contribution in [1.29, 1.82) is 5.26 Å². The summed E-state index contributed by atoms with van der Waals surface area (Å²) in [5.41, 5.74) is 4.64. The first-order valence-electron chi connectivity index (χ1n) is 10.6. The van der Waals surface area contributed by atoms with Crippen LogP contribution in [0.25, 0.3) is 39.2 Å². The number of H-pyrrole nitrogens is 2. The van der Waals surface area contributed by atoms with Gasteiger partial charge in [0.05, 0.1) is 22.7 Å². The maximum Gasteiger partial charge on any atom is 0.224 e. The van der Waals surface area contributed by atoms with Crippen LogP contribution in [0.4, 0.5) is 0 Å². The molecule has 0 radical (unpaired) electrons. The third kappa shape index (κ3) is 4.59. The van der Waals surface area contributed by atoms with Crippen LogP contribution in [-0.2, 0) is 4.79 Å². The van der Waals surface area contributed by atoms with Crippen LogP contribution < -0.4 is 5.32 Å². The lowest BCUT2D eigenvalue weighted by Crippen LogP contribution is -2.22. The number of allylic oxidation sites excluding steroid dienone is 2. The van der Waals surface area contributed by atoms with Gasteiger partial charge in [-0.25, -0.2) is 9.97 Å². The summed E-state index contributed by atoms with van der Waals surface area (Å²) in [7, 11) is 1.67. The zero-order valence-electron chi connectivity index (χ0n) is 19.0. The molecule has 4 heterocycles. The van der Waals surface area contributed by atoms with Crippen molar-refractivity contribution in [2.75, 3.05) is 7.05 Å². The number of nitrogens with zero attached hydrogens (tertiary/aromatic N) is 6. The number of aromatic nitrogens is 6. The molecule has 4 aromatic heterocycles. The molecule has 10 heteroatoms. The smallest absolute Gasteiger partial charge is 0.224 e. The second-order valence-corrected chi connectivity index (χ2v) is 8.13. The SMILES string of the molecule is C=C(/C=C(\C=NC)c1cnc2n[nH]c(-c3nc4c(C#N)cncc4[nH]3)c2c1)NC(=O)CC(C)C. The third-order valence-electron chi connectivity index (χ3n) is 4.99. The van der Waals surface area contributed by atoms with E-state index in [0.717, 1.165) is 16.5 Å². The van der Waals surface area contributed by atoms with Gasteiger partial charge in [-0.05, 0) is 18.1 Å². The van der Waals surface area contributed by atoms with E-state index >= 15 is 0 Å². The van der Waals surface area contributed by atoms with Gasteiger partial charge in [0, 0.05) is 48.9 Å². The van der Waals surface area contributed by atoms with E-state index in [4.69, 9.17) is 0 Å². The fourth-order valence-corrected chi connectivity index (χ4v) is 3.53. The number of aliphatic imine (C=N–C) groups is 1. The Kier molecular flexibility index (Phi) is 6.27. The van der Waals surface area contributed by atoms with Crippen LogP contribution in [0.3, 0.4) is 0 Å². The van der Waals surface area contributed by atoms with Crippen molar-refractivity contribution in [2.45, 2.75) is 20.3 Å². The van der Waals surface area contributed by atoms with Crippen LogP contribution >= 0.6 is 0 Å². The van der Waals surface area contributed by atoms with E-state index in [0.29, 0.717) is 45.9 Å². The zero-order valence-corrected chi connectivity index (χ0v) is 19.0. The highest BCUT2D eigenvalue weighted by atomic mass is 16.1. The number of carbonyl (C=O) groups excluding carboxylic acids is 1. The van der Waals surface area contributed by atoms with E-state index < -0.39 is 0 Å². The average molecular weight is 454 g/mol. The van der Waals surface area contributed by atoms with Gasteiger partial charge in [-0.2, -0.15) is 10.4 Å². The molecule has 0 fully saturated rings. The van der Waals surface area contributed by atoms with Crippen LogP contribution in [0.1, 0.15) is 31.4 Å². The number of pyridine rings is 2. The van der Waals surface area contributed by atoms with Gasteiger partial charge >= 0.3 is 0 Å². The molecule has 0 saturated heterocycles. The monoisotopic (exact) mass is 453 g/mol. The number of rotatable bonds is 7. The van der Waals surface area contributed by atoms with Crippen molar-refractivity contribution in [3.8, 4) is 17.6 Å². The molecule has 0 saturated carbocycles. The Hall–Kier alpha value is -4.65. The van der Waals surface area contributed by atoms with E-state index in [1.165, 1.54) is 6.20 Å². The predicted molar refractivity (Wildman–Crippen MR) is 131 cm³/mol. The van der Waals surface area contributed by atoms with Gasteiger partial charge in [0.25, 0.3) is 0 Å². The number of aromatic amines is 2. The molecule has 0 atom stereocenters. The number of nitrogens with one attached hydrogen (secondary N) is 3. The van der Waals surface area contributed by atoms with Crippen LogP contribution in [-0.4, -0.2) is 49.3 Å². The topological polar surface area (TPSA) is 148 Å². The summed E-state index contributed by atoms with van der Waals surface area (Å²) in [5.74, 6) is 0.671. The van der Waals surface area contributed by atoms with Crippen LogP contribution in [0.5, 0.6) is 0 Å². The Labute approximate surface area is 195 Å². The van der Waals surface area contributed by atoms with Crippen LogP contribution in [0.15, 0.2) is 48.0 Å². The number of fused-ring (bicyclic) bond motifs is 2. The molecule has 0 spiro atoms. The first kappa shape index (κ1) is 22.5. The lowest BCUT2D eigenvalue weighted by Gasteiger charge is -2.08. The van der Waals surface area contributed by atoms with Gasteiger partial charge in [-0.3, -0.25) is 19.9 Å². The third-order valence-corrected chi connectivity index (χ3v) is 4.99. The standard InChI is InChI=1S/C24H23N9O/c1-13(2)5-20(34)29-14(3)6-15(9-26-4)16-7-18-22(32-33-23(18)28-11-16)24-30-19-12-27-10-17(8-25)21(19)31-24/h6-7,9-13H,3,5H2,1-2,4H3,(H,29,34)(H,30,31)(H,28,32,33)/b15-6+,26-9?. The highest BCUT2D eigenvalue weighted by molar-refractivity contribution is 6.11. The largest absolute Gasteiger partial charge is 0.335 e. The number of carbonyl (C=O) groups is 1. The summed E-state index contributed by atoms with van der Waals surface area (Å²) in [6, 6.07) is 4.01. The highest BCUT2D eigenvalue weighted by Gasteiger charge is 2.16. The van der Waals surface area contributed by atoms with Crippen molar-refractivity contribution >= 4 is 39.8 Å². The lowest BCUT2D eigenvalue weighted by molar-refractivity contribution is -0.121. The highest BCUT2D eigenvalue weighted by Crippen LogP contribution is 2.28. The van der Waals surface area contributed by atoms with Gasteiger partial charge in [-0.1, -0.05) is 20.4 Å². The van der Waals surface area contributed by atoms with Gasteiger partial charge in [0.2, 0.25) is 5.91 Å². The minimum Gasteiger partial charge on any atom is -0.335 e. The summed E-state index contributed by atoms with van der Waals surface area (Å²) in [6.45, 7) is 7.92. The Morgan fingerprint density at radius 2 is 2.18 bits per heavy atom. The molecule has 4 rings (SSSR count). The van der Waals surface area contributed by atoms with Crippen molar-refractivity contribution in [3.63, 3.8) is 0 Å². The number of amides is 1. The molecule has 1 amide bonds. The number of nitriles is 1. The normalized spacial score (nSPS) is 12.0. The fourth-order valence-electron chi connectivity index (χ4n) is 3.53. The molecule has 0 aromatic carbocycles. The Morgan fingerprint density at radius 3 is 2.91 bits per heavy atom. The average Bonchev–Trinajstić information content (AvgIpc) is 3.41. The lowest BCUT2D eigenvalue weighted by atomic mass is 10.1. The van der Waals surface area contributed by atoms with Gasteiger partial charge in [0.15, 0.2) is 11.5 Å². The summed E-state index contributed by atoms with van der Waals surface area (Å²) >= 11 is 0. The molecule has 0 aliphatic carbocycles. The van der Waals surface area contributed by atoms with Gasteiger partial charge in [-0.15, -0.1) is 0 Å². The molecule has 0 unspecified atom stereocenters. The first-order chi connectivity index (χ1) is 16.4. The molecule has 0 aliphatic rings. The van der Waals surface area contributed by atoms with Crippen molar-refractivity contribution in [3.05, 3.63) is 54.1 Å². The number of hydrogen-bond donors (Lipinski definition) is 3. The second-order valence-electron chi connectivity index (χ2n) is 8.13. The van der Waals surface area contributed by atoms with E-state index in [2.05, 4.69) is 53.1 Å². The molecule has 0 bridgehead atoms. The summed E-state index contributed by atoms with van der Waals surface area (Å²) in [4.78, 5) is 32.5. The second kappa shape index (κ2) is 9.46. The maximum absolute atomic E-state index is 12.1. The minimum atomic E-state index is -0.0918. The molecule has 170 valence electrons. The van der Waals surface area contributed by atoms with Crippen molar-refractivity contribution in [2.24, 2.45) is 10.9 Å². The summed E-state index contributed by atoms with van der Waals surface area (Å²) in [6.07, 6.45) is 8.61. The molecular weight excluding hydrogens is 430 g/mol. The zero-order chi connectivity index (χ0) is 24.2. The molecule has 3 N–H and O–H groups in total. The molecule has 4 aromatic rings. The fraction of sp³-hybridized carbons (Fsp3) is 0.208. The van der Waals surface area contributed by atoms with Crippen molar-refractivity contribution < 1.29 is 4.79 Å². The summed E-state index contributed by atoms with van der Waals surface area (Å²) in [5, 5.41) is 20.1.